The minimum absolute atomic E-state index is 0.00848. The Morgan fingerprint density at radius 1 is 1.25 bits per heavy atom. The third kappa shape index (κ3) is 3.06. The van der Waals surface area contributed by atoms with Crippen LogP contribution in [0.2, 0.25) is 0 Å². The van der Waals surface area contributed by atoms with Crippen LogP contribution in [0.5, 0.6) is 0 Å². The van der Waals surface area contributed by atoms with Gasteiger partial charge in [0.05, 0.1) is 5.41 Å². The first kappa shape index (κ1) is 15.1. The summed E-state index contributed by atoms with van der Waals surface area (Å²) in [6.07, 6.45) is 2.46. The Hall–Kier alpha value is -1.30. The number of hydrogen-bond donors (Lipinski definition) is 1. The van der Waals surface area contributed by atoms with Crippen LogP contribution >= 0.6 is 0 Å². The van der Waals surface area contributed by atoms with E-state index >= 15 is 0 Å². The normalized spacial score (nSPS) is 27.9. The van der Waals surface area contributed by atoms with Crippen molar-refractivity contribution >= 4 is 12.0 Å². The van der Waals surface area contributed by atoms with E-state index in [1.807, 2.05) is 4.90 Å². The van der Waals surface area contributed by atoms with E-state index in [1.54, 1.807) is 18.9 Å². The SMILES string of the molecule is COCC1CCN(C(=O)N2CCC(C)(C(=O)O)C2)CC1. The number of hydrogen-bond acceptors (Lipinski definition) is 3. The third-order valence-corrected chi connectivity index (χ3v) is 4.55. The number of likely N-dealkylation sites (tertiary alicyclic amines) is 2. The van der Waals surface area contributed by atoms with Gasteiger partial charge in [-0.05, 0) is 32.1 Å². The topological polar surface area (TPSA) is 70.1 Å². The number of amides is 2. The lowest BCUT2D eigenvalue weighted by Gasteiger charge is -2.34. The molecule has 2 heterocycles. The minimum atomic E-state index is -0.813. The average Bonchev–Trinajstić information content (AvgIpc) is 2.83. The van der Waals surface area contributed by atoms with Crippen molar-refractivity contribution < 1.29 is 19.4 Å². The lowest BCUT2D eigenvalue weighted by atomic mass is 9.90. The van der Waals surface area contributed by atoms with Crippen molar-refractivity contribution in [2.75, 3.05) is 39.9 Å². The number of piperidine rings is 1. The minimum Gasteiger partial charge on any atom is -0.481 e. The van der Waals surface area contributed by atoms with Crippen LogP contribution in [-0.2, 0) is 9.53 Å². The molecule has 0 aliphatic carbocycles. The van der Waals surface area contributed by atoms with Gasteiger partial charge >= 0.3 is 12.0 Å². The van der Waals surface area contributed by atoms with E-state index in [0.717, 1.165) is 32.5 Å². The molecule has 6 nitrogen and oxygen atoms in total. The second kappa shape index (κ2) is 5.99. The molecule has 20 heavy (non-hydrogen) atoms. The third-order valence-electron chi connectivity index (χ3n) is 4.55. The molecular formula is C14H24N2O4. The van der Waals surface area contributed by atoms with Gasteiger partial charge in [0.15, 0.2) is 0 Å². The van der Waals surface area contributed by atoms with Gasteiger partial charge in [-0.25, -0.2) is 4.79 Å². The van der Waals surface area contributed by atoms with Gasteiger partial charge in [0.2, 0.25) is 0 Å². The zero-order valence-electron chi connectivity index (χ0n) is 12.3. The molecule has 0 aromatic heterocycles. The van der Waals surface area contributed by atoms with Crippen LogP contribution in [0.4, 0.5) is 4.79 Å². The van der Waals surface area contributed by atoms with E-state index in [0.29, 0.717) is 25.4 Å². The van der Waals surface area contributed by atoms with Crippen LogP contribution < -0.4 is 0 Å². The molecule has 0 spiro atoms. The molecule has 0 bridgehead atoms. The summed E-state index contributed by atoms with van der Waals surface area (Å²) in [6, 6.07) is -0.00848. The Balaban J connectivity index is 1.86. The second-order valence-electron chi connectivity index (χ2n) is 6.21. The number of methoxy groups -OCH3 is 1. The maximum absolute atomic E-state index is 12.4. The molecule has 0 aromatic rings. The van der Waals surface area contributed by atoms with Crippen molar-refractivity contribution in [1.82, 2.24) is 9.80 Å². The zero-order valence-corrected chi connectivity index (χ0v) is 12.3. The molecule has 114 valence electrons. The fourth-order valence-corrected chi connectivity index (χ4v) is 3.03. The van der Waals surface area contributed by atoms with Gasteiger partial charge < -0.3 is 19.6 Å². The maximum Gasteiger partial charge on any atom is 0.320 e. The van der Waals surface area contributed by atoms with E-state index in [4.69, 9.17) is 4.74 Å². The van der Waals surface area contributed by atoms with Crippen molar-refractivity contribution in [3.05, 3.63) is 0 Å². The van der Waals surface area contributed by atoms with Crippen LogP contribution in [0.15, 0.2) is 0 Å². The first-order valence-electron chi connectivity index (χ1n) is 7.22. The molecule has 2 aliphatic heterocycles. The fourth-order valence-electron chi connectivity index (χ4n) is 3.03. The van der Waals surface area contributed by atoms with E-state index < -0.39 is 11.4 Å². The van der Waals surface area contributed by atoms with Crippen LogP contribution in [0, 0.1) is 11.3 Å². The van der Waals surface area contributed by atoms with Crippen LogP contribution in [-0.4, -0.2) is 66.8 Å². The molecule has 2 aliphatic rings. The Bertz CT molecular complexity index is 379. The molecule has 1 N–H and O–H groups in total. The first-order valence-corrected chi connectivity index (χ1v) is 7.22. The number of carboxylic acids is 1. The number of urea groups is 1. The molecule has 0 radical (unpaired) electrons. The molecule has 0 saturated carbocycles. The summed E-state index contributed by atoms with van der Waals surface area (Å²) in [5.41, 5.74) is -0.788. The molecule has 6 heteroatoms. The molecule has 0 aromatic carbocycles. The average molecular weight is 284 g/mol. The monoisotopic (exact) mass is 284 g/mol. The number of ether oxygens (including phenoxy) is 1. The van der Waals surface area contributed by atoms with E-state index in [1.165, 1.54) is 0 Å². The molecule has 1 atom stereocenters. The van der Waals surface area contributed by atoms with E-state index in [2.05, 4.69) is 0 Å². The zero-order chi connectivity index (χ0) is 14.8. The Morgan fingerprint density at radius 3 is 2.40 bits per heavy atom. The summed E-state index contributed by atoms with van der Waals surface area (Å²) < 4.78 is 5.15. The van der Waals surface area contributed by atoms with Crippen molar-refractivity contribution in [3.63, 3.8) is 0 Å². The predicted molar refractivity (Wildman–Crippen MR) is 73.5 cm³/mol. The van der Waals surface area contributed by atoms with Crippen molar-refractivity contribution in [3.8, 4) is 0 Å². The van der Waals surface area contributed by atoms with Gasteiger partial charge in [-0.1, -0.05) is 0 Å². The maximum atomic E-state index is 12.4. The Morgan fingerprint density at radius 2 is 1.90 bits per heavy atom. The Labute approximate surface area is 119 Å². The van der Waals surface area contributed by atoms with E-state index in [-0.39, 0.29) is 6.03 Å². The van der Waals surface area contributed by atoms with Crippen molar-refractivity contribution in [2.24, 2.45) is 11.3 Å². The summed E-state index contributed by atoms with van der Waals surface area (Å²) in [5, 5.41) is 9.21. The predicted octanol–water partition coefficient (Wildman–Crippen LogP) is 1.26. The van der Waals surface area contributed by atoms with Crippen LogP contribution in [0.1, 0.15) is 26.2 Å². The number of nitrogens with zero attached hydrogens (tertiary/aromatic N) is 2. The first-order chi connectivity index (χ1) is 9.46. The molecule has 2 fully saturated rings. The molecule has 1 unspecified atom stereocenters. The number of carbonyl (C=O) groups excluding carboxylic acids is 1. The molecule has 2 amide bonds. The van der Waals surface area contributed by atoms with Crippen LogP contribution in [0.3, 0.4) is 0 Å². The summed E-state index contributed by atoms with van der Waals surface area (Å²) >= 11 is 0. The molecule has 2 rings (SSSR count). The quantitative estimate of drug-likeness (QED) is 0.847. The highest BCUT2D eigenvalue weighted by molar-refractivity contribution is 5.79. The largest absolute Gasteiger partial charge is 0.481 e. The van der Waals surface area contributed by atoms with Crippen molar-refractivity contribution in [2.45, 2.75) is 26.2 Å². The van der Waals surface area contributed by atoms with Gasteiger partial charge in [-0.15, -0.1) is 0 Å². The highest BCUT2D eigenvalue weighted by Crippen LogP contribution is 2.31. The summed E-state index contributed by atoms with van der Waals surface area (Å²) in [5.74, 6) is -0.279. The highest BCUT2D eigenvalue weighted by Gasteiger charge is 2.43. The van der Waals surface area contributed by atoms with E-state index in [9.17, 15) is 14.7 Å². The number of aliphatic carboxylic acids is 1. The van der Waals surface area contributed by atoms with Gasteiger partial charge in [-0.3, -0.25) is 4.79 Å². The van der Waals surface area contributed by atoms with Gasteiger partial charge in [-0.2, -0.15) is 0 Å². The smallest absolute Gasteiger partial charge is 0.320 e. The van der Waals surface area contributed by atoms with Gasteiger partial charge in [0, 0.05) is 39.9 Å². The standard InChI is InChI=1S/C14H24N2O4/c1-14(12(17)18)5-8-16(10-14)13(19)15-6-3-11(4-7-15)9-20-2/h11H,3-10H2,1-2H3,(H,17,18). The lowest BCUT2D eigenvalue weighted by Crippen LogP contribution is -2.47. The lowest BCUT2D eigenvalue weighted by molar-refractivity contribution is -0.147. The fraction of sp³-hybridized carbons (Fsp3) is 0.857. The number of carboxylic acid groups (broad SMARTS) is 1. The molecule has 2 saturated heterocycles. The Kier molecular flexibility index (Phi) is 4.52. The van der Waals surface area contributed by atoms with Gasteiger partial charge in [0.25, 0.3) is 0 Å². The number of carbonyl (C=O) groups is 2. The second-order valence-corrected chi connectivity index (χ2v) is 6.21. The molecular weight excluding hydrogens is 260 g/mol. The van der Waals surface area contributed by atoms with Crippen LogP contribution in [0.25, 0.3) is 0 Å². The van der Waals surface area contributed by atoms with Gasteiger partial charge in [0.1, 0.15) is 0 Å². The summed E-state index contributed by atoms with van der Waals surface area (Å²) in [6.45, 7) is 4.81. The summed E-state index contributed by atoms with van der Waals surface area (Å²) in [7, 11) is 1.70. The van der Waals surface area contributed by atoms with Crippen molar-refractivity contribution in [1.29, 1.82) is 0 Å². The summed E-state index contributed by atoms with van der Waals surface area (Å²) in [4.78, 5) is 27.2. The highest BCUT2D eigenvalue weighted by atomic mass is 16.5. The number of rotatable bonds is 3.